The molecule has 0 saturated carbocycles. The Hall–Kier alpha value is -3.97. The number of imidazole rings is 1. The minimum atomic E-state index is -0.977. The molecule has 0 spiro atoms. The topological polar surface area (TPSA) is 117 Å². The minimum Gasteiger partial charge on any atom is -0.455 e. The maximum absolute atomic E-state index is 11.8. The van der Waals surface area contributed by atoms with E-state index < -0.39 is 36.5 Å². The van der Waals surface area contributed by atoms with Crippen LogP contribution in [-0.2, 0) is 30.2 Å². The van der Waals surface area contributed by atoms with Crippen LogP contribution < -0.4 is 5.32 Å². The van der Waals surface area contributed by atoms with E-state index in [-0.39, 0.29) is 0 Å². The molecule has 33 heavy (non-hydrogen) atoms. The highest BCUT2D eigenvalue weighted by Crippen LogP contribution is 2.35. The SMILES string of the molecule is C#C[C@H]1O[C@@H](n2cnc3c(NCCc4ccccc4)ncnc32)[C@H](OC(C)=O)[C@H]1OC(C)=O. The molecule has 3 aromatic rings. The van der Waals surface area contributed by atoms with Crippen molar-refractivity contribution in [2.45, 2.75) is 44.8 Å². The number of aromatic nitrogens is 4. The number of hydrogen-bond acceptors (Lipinski definition) is 9. The van der Waals surface area contributed by atoms with Crippen LogP contribution in [-0.4, -0.2) is 56.3 Å². The van der Waals surface area contributed by atoms with E-state index in [1.165, 1.54) is 32.1 Å². The lowest BCUT2D eigenvalue weighted by atomic mass is 10.1. The average molecular weight is 449 g/mol. The second-order valence-electron chi connectivity index (χ2n) is 7.47. The van der Waals surface area contributed by atoms with Gasteiger partial charge >= 0.3 is 11.9 Å². The molecule has 2 aromatic heterocycles. The van der Waals surface area contributed by atoms with E-state index in [1.807, 2.05) is 18.2 Å². The van der Waals surface area contributed by atoms with Gasteiger partial charge in [0.05, 0.1) is 6.33 Å². The first kappa shape index (κ1) is 22.2. The Morgan fingerprint density at radius 1 is 1.12 bits per heavy atom. The van der Waals surface area contributed by atoms with Gasteiger partial charge in [0.2, 0.25) is 0 Å². The molecule has 10 nitrogen and oxygen atoms in total. The molecule has 1 saturated heterocycles. The number of terminal acetylenes is 1. The first-order valence-electron chi connectivity index (χ1n) is 10.4. The van der Waals surface area contributed by atoms with Gasteiger partial charge < -0.3 is 19.5 Å². The molecule has 1 aromatic carbocycles. The van der Waals surface area contributed by atoms with Crippen molar-refractivity contribution in [3.05, 3.63) is 48.5 Å². The smallest absolute Gasteiger partial charge is 0.303 e. The lowest BCUT2D eigenvalue weighted by Gasteiger charge is -2.23. The molecule has 170 valence electrons. The van der Waals surface area contributed by atoms with Crippen molar-refractivity contribution in [2.24, 2.45) is 0 Å². The Morgan fingerprint density at radius 3 is 2.55 bits per heavy atom. The highest BCUT2D eigenvalue weighted by Gasteiger charge is 2.50. The number of hydrogen-bond donors (Lipinski definition) is 1. The van der Waals surface area contributed by atoms with Crippen LogP contribution >= 0.6 is 0 Å². The summed E-state index contributed by atoms with van der Waals surface area (Å²) in [6, 6.07) is 10.1. The summed E-state index contributed by atoms with van der Waals surface area (Å²) in [5.41, 5.74) is 2.17. The molecule has 4 atom stereocenters. The summed E-state index contributed by atoms with van der Waals surface area (Å²) in [5, 5.41) is 3.28. The fourth-order valence-corrected chi connectivity index (χ4v) is 3.77. The van der Waals surface area contributed by atoms with Gasteiger partial charge in [-0.15, -0.1) is 6.42 Å². The number of fused-ring (bicyclic) bond motifs is 1. The van der Waals surface area contributed by atoms with Gasteiger partial charge in [-0.3, -0.25) is 14.2 Å². The van der Waals surface area contributed by atoms with E-state index in [0.717, 1.165) is 6.42 Å². The number of nitrogens with one attached hydrogen (secondary N) is 1. The summed E-state index contributed by atoms with van der Waals surface area (Å²) in [5.74, 6) is 1.88. The molecule has 0 bridgehead atoms. The molecule has 0 amide bonds. The lowest BCUT2D eigenvalue weighted by Crippen LogP contribution is -2.38. The normalized spacial score (nSPS) is 22.0. The van der Waals surface area contributed by atoms with Crippen LogP contribution in [0.4, 0.5) is 5.82 Å². The second-order valence-corrected chi connectivity index (χ2v) is 7.47. The zero-order valence-corrected chi connectivity index (χ0v) is 18.2. The summed E-state index contributed by atoms with van der Waals surface area (Å²) < 4.78 is 18.3. The van der Waals surface area contributed by atoms with Gasteiger partial charge in [0.1, 0.15) is 6.33 Å². The number of carbonyl (C=O) groups excluding carboxylic acids is 2. The van der Waals surface area contributed by atoms with Gasteiger partial charge in [-0.25, -0.2) is 15.0 Å². The first-order valence-corrected chi connectivity index (χ1v) is 10.4. The Labute approximate surface area is 190 Å². The van der Waals surface area contributed by atoms with Crippen LogP contribution in [0, 0.1) is 12.3 Å². The van der Waals surface area contributed by atoms with Crippen LogP contribution in [0.15, 0.2) is 43.0 Å². The van der Waals surface area contributed by atoms with E-state index >= 15 is 0 Å². The molecule has 0 radical (unpaired) electrons. The highest BCUT2D eigenvalue weighted by atomic mass is 16.6. The zero-order valence-electron chi connectivity index (χ0n) is 18.2. The molecule has 0 unspecified atom stereocenters. The summed E-state index contributed by atoms with van der Waals surface area (Å²) >= 11 is 0. The maximum Gasteiger partial charge on any atom is 0.303 e. The fraction of sp³-hybridized carbons (Fsp3) is 0.348. The molecule has 1 fully saturated rings. The van der Waals surface area contributed by atoms with Gasteiger partial charge in [0, 0.05) is 20.4 Å². The highest BCUT2D eigenvalue weighted by molar-refractivity contribution is 5.82. The number of esters is 2. The van der Waals surface area contributed by atoms with Gasteiger partial charge in [-0.2, -0.15) is 0 Å². The number of benzene rings is 1. The predicted molar refractivity (Wildman–Crippen MR) is 118 cm³/mol. The third-order valence-electron chi connectivity index (χ3n) is 5.14. The van der Waals surface area contributed by atoms with E-state index in [1.54, 1.807) is 4.57 Å². The summed E-state index contributed by atoms with van der Waals surface area (Å²) in [7, 11) is 0. The lowest BCUT2D eigenvalue weighted by molar-refractivity contribution is -0.165. The van der Waals surface area contributed by atoms with Crippen molar-refractivity contribution in [3.63, 3.8) is 0 Å². The molecule has 0 aliphatic carbocycles. The molecule has 1 aliphatic heterocycles. The zero-order chi connectivity index (χ0) is 23.4. The number of rotatable bonds is 7. The molecule has 10 heteroatoms. The van der Waals surface area contributed by atoms with E-state index in [9.17, 15) is 9.59 Å². The van der Waals surface area contributed by atoms with E-state index in [0.29, 0.717) is 23.5 Å². The molecule has 1 N–H and O–H groups in total. The number of carbonyl (C=O) groups is 2. The van der Waals surface area contributed by atoms with Gasteiger partial charge in [-0.1, -0.05) is 36.3 Å². The number of anilines is 1. The van der Waals surface area contributed by atoms with Crippen molar-refractivity contribution in [1.82, 2.24) is 19.5 Å². The molecule has 1 aliphatic rings. The van der Waals surface area contributed by atoms with Crippen LogP contribution in [0.2, 0.25) is 0 Å². The molecular formula is C23H23N5O5. The third-order valence-corrected chi connectivity index (χ3v) is 5.14. The van der Waals surface area contributed by atoms with Crippen LogP contribution in [0.5, 0.6) is 0 Å². The second kappa shape index (κ2) is 9.67. The quantitative estimate of drug-likeness (QED) is 0.426. The van der Waals surface area contributed by atoms with Gasteiger partial charge in [0.15, 0.2) is 41.5 Å². The summed E-state index contributed by atoms with van der Waals surface area (Å²) in [6.07, 6.45) is 5.55. The van der Waals surface area contributed by atoms with Crippen molar-refractivity contribution in [2.75, 3.05) is 11.9 Å². The van der Waals surface area contributed by atoms with Crippen molar-refractivity contribution < 1.29 is 23.8 Å². The number of ether oxygens (including phenoxy) is 3. The monoisotopic (exact) mass is 449 g/mol. The average Bonchev–Trinajstić information content (AvgIpc) is 3.36. The van der Waals surface area contributed by atoms with Crippen molar-refractivity contribution in [3.8, 4) is 12.3 Å². The summed E-state index contributed by atoms with van der Waals surface area (Å²) in [6.45, 7) is 3.15. The van der Waals surface area contributed by atoms with Gasteiger partial charge in [-0.05, 0) is 12.0 Å². The van der Waals surface area contributed by atoms with Crippen molar-refractivity contribution in [1.29, 1.82) is 0 Å². The Balaban J connectivity index is 1.60. The maximum atomic E-state index is 11.8. The Morgan fingerprint density at radius 2 is 1.85 bits per heavy atom. The molecular weight excluding hydrogens is 426 g/mol. The molecule has 3 heterocycles. The van der Waals surface area contributed by atoms with Crippen molar-refractivity contribution >= 4 is 28.9 Å². The third kappa shape index (κ3) is 4.78. The molecule has 4 rings (SSSR count). The van der Waals surface area contributed by atoms with Crippen LogP contribution in [0.25, 0.3) is 11.2 Å². The summed E-state index contributed by atoms with van der Waals surface area (Å²) in [4.78, 5) is 36.4. The van der Waals surface area contributed by atoms with E-state index in [2.05, 4.69) is 38.3 Å². The minimum absolute atomic E-state index is 0.452. The van der Waals surface area contributed by atoms with Crippen LogP contribution in [0.1, 0.15) is 25.6 Å². The predicted octanol–water partition coefficient (Wildman–Crippen LogP) is 1.87. The fourth-order valence-electron chi connectivity index (χ4n) is 3.77. The Bertz CT molecular complexity index is 1190. The van der Waals surface area contributed by atoms with Gasteiger partial charge in [0.25, 0.3) is 0 Å². The van der Waals surface area contributed by atoms with E-state index in [4.69, 9.17) is 20.6 Å². The Kier molecular flexibility index (Phi) is 6.51. The first-order chi connectivity index (χ1) is 16.0. The number of nitrogens with zero attached hydrogens (tertiary/aromatic N) is 4. The largest absolute Gasteiger partial charge is 0.455 e. The standard InChI is InChI=1S/C23H23N5O5/c1-4-17-19(31-14(2)29)20(32-15(3)30)23(33-17)28-13-27-18-21(25-12-26-22(18)28)24-11-10-16-8-6-5-7-9-16/h1,5-9,12-13,17,19-20,23H,10-11H2,2-3H3,(H,24,25,26)/t17-,19+,20-,23-/m1/s1. The van der Waals surface area contributed by atoms with Crippen LogP contribution in [0.3, 0.4) is 0 Å².